The number of rotatable bonds is 6. The van der Waals surface area contributed by atoms with Gasteiger partial charge in [-0.1, -0.05) is 55.5 Å². The van der Waals surface area contributed by atoms with Crippen molar-refractivity contribution in [1.29, 1.82) is 0 Å². The molecule has 136 valence electrons. The summed E-state index contributed by atoms with van der Waals surface area (Å²) in [6.07, 6.45) is 1.54. The monoisotopic (exact) mass is 359 g/mol. The van der Waals surface area contributed by atoms with E-state index in [1.54, 1.807) is 0 Å². The van der Waals surface area contributed by atoms with Crippen molar-refractivity contribution >= 4 is 17.0 Å². The molecule has 2 aromatic heterocycles. The minimum Gasteiger partial charge on any atom is -0.463 e. The van der Waals surface area contributed by atoms with Gasteiger partial charge in [0.05, 0.1) is 6.61 Å². The van der Waals surface area contributed by atoms with Crippen LogP contribution in [0.15, 0.2) is 60.7 Å². The van der Waals surface area contributed by atoms with Crippen molar-refractivity contribution in [2.75, 3.05) is 12.3 Å². The van der Waals surface area contributed by atoms with Crippen LogP contribution in [0.3, 0.4) is 0 Å². The number of aryl methyl sites for hydroxylation is 1. The lowest BCUT2D eigenvalue weighted by Gasteiger charge is -2.09. The number of nitrogens with zero attached hydrogens (tertiary/aromatic N) is 4. The Morgan fingerprint density at radius 1 is 0.926 bits per heavy atom. The maximum atomic E-state index is 6.15. The molecule has 2 aromatic carbocycles. The van der Waals surface area contributed by atoms with Crippen molar-refractivity contribution in [2.24, 2.45) is 0 Å². The Morgan fingerprint density at radius 2 is 1.63 bits per heavy atom. The Kier molecular flexibility index (Phi) is 4.70. The average molecular weight is 359 g/mol. The number of nitrogen functional groups attached to an aromatic ring is 1. The van der Waals surface area contributed by atoms with Gasteiger partial charge >= 0.3 is 6.01 Å². The van der Waals surface area contributed by atoms with Crippen LogP contribution in [0.4, 0.5) is 5.82 Å². The molecule has 6 nitrogen and oxygen atoms in total. The van der Waals surface area contributed by atoms with Crippen LogP contribution in [-0.4, -0.2) is 26.1 Å². The van der Waals surface area contributed by atoms with Gasteiger partial charge in [-0.2, -0.15) is 9.97 Å². The van der Waals surface area contributed by atoms with Gasteiger partial charge in [-0.25, -0.2) is 4.98 Å². The molecule has 0 unspecified atom stereocenters. The number of imidazole rings is 1. The third-order valence-corrected chi connectivity index (χ3v) is 4.38. The van der Waals surface area contributed by atoms with Crippen molar-refractivity contribution in [3.8, 4) is 11.7 Å². The van der Waals surface area contributed by atoms with Gasteiger partial charge in [0.15, 0.2) is 17.0 Å². The van der Waals surface area contributed by atoms with E-state index >= 15 is 0 Å². The molecule has 0 radical (unpaired) electrons. The Hall–Kier alpha value is -3.41. The molecule has 0 bridgehead atoms. The molecular weight excluding hydrogens is 338 g/mol. The Labute approximate surface area is 157 Å². The van der Waals surface area contributed by atoms with Crippen molar-refractivity contribution in [3.05, 3.63) is 72.1 Å². The van der Waals surface area contributed by atoms with E-state index in [1.165, 1.54) is 5.56 Å². The average Bonchev–Trinajstić information content (AvgIpc) is 3.09. The Balaban J connectivity index is 1.67. The number of hydrogen-bond donors (Lipinski definition) is 1. The summed E-state index contributed by atoms with van der Waals surface area (Å²) in [5.74, 6) is 1.22. The first-order valence-electron chi connectivity index (χ1n) is 9.03. The number of ether oxygens (including phenoxy) is 1. The molecule has 0 aliphatic rings. The lowest BCUT2D eigenvalue weighted by Crippen LogP contribution is -2.07. The van der Waals surface area contributed by atoms with Crippen molar-refractivity contribution in [3.63, 3.8) is 0 Å². The lowest BCUT2D eigenvalue weighted by molar-refractivity contribution is 0.298. The number of hydrogen-bond acceptors (Lipinski definition) is 5. The summed E-state index contributed by atoms with van der Waals surface area (Å²) in [5.41, 5.74) is 9.61. The molecule has 0 fully saturated rings. The fourth-order valence-electron chi connectivity index (χ4n) is 3.06. The van der Waals surface area contributed by atoms with E-state index in [-0.39, 0.29) is 6.01 Å². The van der Waals surface area contributed by atoms with Crippen LogP contribution in [0.1, 0.15) is 18.3 Å². The largest absolute Gasteiger partial charge is 0.463 e. The summed E-state index contributed by atoms with van der Waals surface area (Å²) in [6, 6.07) is 20.4. The second kappa shape index (κ2) is 7.45. The van der Waals surface area contributed by atoms with Gasteiger partial charge in [0.25, 0.3) is 0 Å². The summed E-state index contributed by atoms with van der Waals surface area (Å²) in [7, 11) is 0. The summed E-state index contributed by atoms with van der Waals surface area (Å²) in [6.45, 7) is 2.54. The van der Waals surface area contributed by atoms with Crippen molar-refractivity contribution in [1.82, 2.24) is 19.5 Å². The van der Waals surface area contributed by atoms with E-state index in [0.29, 0.717) is 23.6 Å². The minimum absolute atomic E-state index is 0.274. The van der Waals surface area contributed by atoms with Crippen molar-refractivity contribution in [2.45, 2.75) is 19.8 Å². The molecular formula is C21H21N5O. The molecule has 0 aliphatic carbocycles. The molecule has 0 amide bonds. The SMILES string of the molecule is CCc1nc2c(N)nc(OCCc3ccccc3)nc2n1-c1ccccc1. The molecule has 0 saturated heterocycles. The minimum atomic E-state index is 0.274. The standard InChI is InChI=1S/C21H21N5O/c1-2-17-23-18-19(22)24-21(27-14-13-15-9-5-3-6-10-15)25-20(18)26(17)16-11-7-4-8-12-16/h3-12H,2,13-14H2,1H3,(H2,22,24,25). The Morgan fingerprint density at radius 3 is 2.33 bits per heavy atom. The summed E-state index contributed by atoms with van der Waals surface area (Å²) < 4.78 is 7.80. The molecule has 0 spiro atoms. The highest BCUT2D eigenvalue weighted by molar-refractivity contribution is 5.84. The smallest absolute Gasteiger partial charge is 0.320 e. The number of anilines is 1. The molecule has 4 rings (SSSR count). The fraction of sp³-hybridized carbons (Fsp3) is 0.190. The maximum Gasteiger partial charge on any atom is 0.320 e. The van der Waals surface area contributed by atoms with Crippen molar-refractivity contribution < 1.29 is 4.74 Å². The zero-order chi connectivity index (χ0) is 18.6. The summed E-state index contributed by atoms with van der Waals surface area (Å²) in [4.78, 5) is 13.5. The fourth-order valence-corrected chi connectivity index (χ4v) is 3.06. The molecule has 6 heteroatoms. The van der Waals surface area contributed by atoms with Crippen LogP contribution in [0.2, 0.25) is 0 Å². The van der Waals surface area contributed by atoms with Gasteiger partial charge in [0, 0.05) is 18.5 Å². The van der Waals surface area contributed by atoms with Gasteiger partial charge in [-0.05, 0) is 17.7 Å². The number of benzene rings is 2. The predicted octanol–water partition coefficient (Wildman–Crippen LogP) is 3.58. The third-order valence-electron chi connectivity index (χ3n) is 4.38. The van der Waals surface area contributed by atoms with Crippen LogP contribution in [0, 0.1) is 0 Å². The topological polar surface area (TPSA) is 78.8 Å². The van der Waals surface area contributed by atoms with E-state index in [4.69, 9.17) is 10.5 Å². The molecule has 0 aliphatic heterocycles. The van der Waals surface area contributed by atoms with Crippen LogP contribution in [0.25, 0.3) is 16.9 Å². The second-order valence-corrected chi connectivity index (χ2v) is 6.20. The van der Waals surface area contributed by atoms with E-state index in [2.05, 4.69) is 34.0 Å². The van der Waals surface area contributed by atoms with Crippen LogP contribution in [0.5, 0.6) is 6.01 Å². The highest BCUT2D eigenvalue weighted by Gasteiger charge is 2.17. The molecule has 0 atom stereocenters. The number of fused-ring (bicyclic) bond motifs is 1. The molecule has 4 aromatic rings. The highest BCUT2D eigenvalue weighted by atomic mass is 16.5. The van der Waals surface area contributed by atoms with E-state index < -0.39 is 0 Å². The Bertz CT molecular complexity index is 1040. The summed E-state index contributed by atoms with van der Waals surface area (Å²) >= 11 is 0. The molecule has 27 heavy (non-hydrogen) atoms. The van der Waals surface area contributed by atoms with Crippen LogP contribution < -0.4 is 10.5 Å². The van der Waals surface area contributed by atoms with E-state index in [1.807, 2.05) is 53.1 Å². The first kappa shape index (κ1) is 17.0. The highest BCUT2D eigenvalue weighted by Crippen LogP contribution is 2.25. The maximum absolute atomic E-state index is 6.15. The van der Waals surface area contributed by atoms with Gasteiger partial charge < -0.3 is 10.5 Å². The second-order valence-electron chi connectivity index (χ2n) is 6.20. The first-order valence-corrected chi connectivity index (χ1v) is 9.03. The lowest BCUT2D eigenvalue weighted by atomic mass is 10.2. The quantitative estimate of drug-likeness (QED) is 0.569. The van der Waals surface area contributed by atoms with Gasteiger partial charge in [0.2, 0.25) is 0 Å². The number of para-hydroxylation sites is 1. The summed E-state index contributed by atoms with van der Waals surface area (Å²) in [5, 5.41) is 0. The predicted molar refractivity (Wildman–Crippen MR) is 106 cm³/mol. The third kappa shape index (κ3) is 3.46. The molecule has 2 N–H and O–H groups in total. The molecule has 0 saturated carbocycles. The molecule has 2 heterocycles. The number of nitrogens with two attached hydrogens (primary N) is 1. The van der Waals surface area contributed by atoms with Gasteiger partial charge in [-0.3, -0.25) is 4.57 Å². The van der Waals surface area contributed by atoms with Gasteiger partial charge in [0.1, 0.15) is 5.82 Å². The first-order chi connectivity index (χ1) is 13.3. The zero-order valence-electron chi connectivity index (χ0n) is 15.2. The normalized spacial score (nSPS) is 11.0. The van der Waals surface area contributed by atoms with Crippen LogP contribution in [-0.2, 0) is 12.8 Å². The van der Waals surface area contributed by atoms with E-state index in [0.717, 1.165) is 24.4 Å². The zero-order valence-corrected chi connectivity index (χ0v) is 15.2. The number of aromatic nitrogens is 4. The van der Waals surface area contributed by atoms with E-state index in [9.17, 15) is 0 Å². The van der Waals surface area contributed by atoms with Gasteiger partial charge in [-0.15, -0.1) is 0 Å². The van der Waals surface area contributed by atoms with Crippen LogP contribution >= 0.6 is 0 Å².